The third-order valence-corrected chi connectivity index (χ3v) is 6.15. The summed E-state index contributed by atoms with van der Waals surface area (Å²) in [6, 6.07) is 8.33. The van der Waals surface area contributed by atoms with E-state index in [0.717, 1.165) is 50.1 Å². The zero-order valence-corrected chi connectivity index (χ0v) is 18.0. The fourth-order valence-electron chi connectivity index (χ4n) is 4.28. The minimum absolute atomic E-state index is 0.793. The molecule has 1 aromatic rings. The van der Waals surface area contributed by atoms with Crippen LogP contribution in [0.1, 0.15) is 19.3 Å². The number of unbranched alkanes of at least 4 members (excludes halogenated alkanes) is 2. The fourth-order valence-corrected chi connectivity index (χ4v) is 4.43. The van der Waals surface area contributed by atoms with Gasteiger partial charge in [0.2, 0.25) is 0 Å². The van der Waals surface area contributed by atoms with Gasteiger partial charge in [0.05, 0.1) is 23.5 Å². The van der Waals surface area contributed by atoms with E-state index in [9.17, 15) is 0 Å². The number of rotatable bonds is 8. The van der Waals surface area contributed by atoms with E-state index >= 15 is 0 Å². The smallest absolute Gasteiger partial charge is 0.142 e. The Kier molecular flexibility index (Phi) is 6.80. The van der Waals surface area contributed by atoms with Crippen LogP contribution in [0.15, 0.2) is 59.4 Å². The van der Waals surface area contributed by atoms with Gasteiger partial charge in [-0.1, -0.05) is 30.2 Å². The van der Waals surface area contributed by atoms with Crippen molar-refractivity contribution in [2.24, 2.45) is 0 Å². The van der Waals surface area contributed by atoms with Gasteiger partial charge in [-0.3, -0.25) is 9.91 Å². The average Bonchev–Trinajstić information content (AvgIpc) is 3.16. The molecule has 3 aliphatic heterocycles. The summed E-state index contributed by atoms with van der Waals surface area (Å²) in [5.41, 5.74) is 2.46. The topological polar surface area (TPSA) is 22.2 Å². The van der Waals surface area contributed by atoms with Gasteiger partial charge in [0, 0.05) is 45.5 Å². The van der Waals surface area contributed by atoms with E-state index in [0.29, 0.717) is 0 Å². The number of methoxy groups -OCH3 is 1. The monoisotopic (exact) mass is 414 g/mol. The number of hydrogen-bond donors (Lipinski definition) is 0. The number of allylic oxidation sites excluding steroid dienone is 3. The Morgan fingerprint density at radius 3 is 2.59 bits per heavy atom. The maximum absolute atomic E-state index is 6.15. The van der Waals surface area contributed by atoms with Gasteiger partial charge in [0.1, 0.15) is 5.75 Å². The zero-order chi connectivity index (χ0) is 20.1. The summed E-state index contributed by atoms with van der Waals surface area (Å²) in [5, 5.41) is 5.36. The number of nitrogens with zero attached hydrogens (tertiary/aromatic N) is 4. The van der Waals surface area contributed by atoms with Gasteiger partial charge in [0.25, 0.3) is 0 Å². The highest BCUT2D eigenvalue weighted by Gasteiger charge is 2.22. The molecule has 156 valence electrons. The molecule has 3 aliphatic rings. The Hall–Kier alpha value is -1.95. The Morgan fingerprint density at radius 1 is 0.966 bits per heavy atom. The predicted octanol–water partition coefficient (Wildman–Crippen LogP) is 4.05. The molecule has 0 aliphatic carbocycles. The van der Waals surface area contributed by atoms with Crippen LogP contribution in [0, 0.1) is 0 Å². The van der Waals surface area contributed by atoms with Gasteiger partial charge >= 0.3 is 0 Å². The molecule has 0 radical (unpaired) electrons. The van der Waals surface area contributed by atoms with Crippen molar-refractivity contribution in [3.8, 4) is 5.75 Å². The fraction of sp³-hybridized carbons (Fsp3) is 0.478. The lowest BCUT2D eigenvalue weighted by atomic mass is 10.2. The molecule has 5 nitrogen and oxygen atoms in total. The summed E-state index contributed by atoms with van der Waals surface area (Å²) in [6.07, 6.45) is 12.1. The number of hydrazine groups is 1. The molecule has 0 spiro atoms. The van der Waals surface area contributed by atoms with Crippen LogP contribution in [0.3, 0.4) is 0 Å². The third kappa shape index (κ3) is 4.97. The van der Waals surface area contributed by atoms with Gasteiger partial charge in [-0.05, 0) is 49.7 Å². The van der Waals surface area contributed by atoms with Crippen LogP contribution in [0.25, 0.3) is 0 Å². The number of piperazine rings is 1. The van der Waals surface area contributed by atoms with E-state index in [-0.39, 0.29) is 0 Å². The Labute approximate surface area is 179 Å². The predicted molar refractivity (Wildman–Crippen MR) is 120 cm³/mol. The molecule has 0 unspecified atom stereocenters. The molecule has 1 saturated heterocycles. The summed E-state index contributed by atoms with van der Waals surface area (Å²) in [7, 11) is 1.75. The first-order valence-electron chi connectivity index (χ1n) is 10.6. The number of halogens is 1. The van der Waals surface area contributed by atoms with E-state index in [1.165, 1.54) is 37.2 Å². The maximum atomic E-state index is 6.15. The number of anilines is 1. The second-order valence-corrected chi connectivity index (χ2v) is 8.23. The number of fused-ring (bicyclic) bond motifs is 1. The lowest BCUT2D eigenvalue weighted by Gasteiger charge is -2.36. The highest BCUT2D eigenvalue weighted by Crippen LogP contribution is 2.28. The summed E-state index contributed by atoms with van der Waals surface area (Å²) in [6.45, 7) is 7.64. The number of benzene rings is 1. The first-order valence-corrected chi connectivity index (χ1v) is 11.0. The summed E-state index contributed by atoms with van der Waals surface area (Å²) < 4.78 is 5.52. The quantitative estimate of drug-likeness (QED) is 0.597. The highest BCUT2D eigenvalue weighted by atomic mass is 35.5. The minimum Gasteiger partial charge on any atom is -0.495 e. The van der Waals surface area contributed by atoms with Crippen molar-refractivity contribution in [2.75, 3.05) is 57.8 Å². The van der Waals surface area contributed by atoms with Gasteiger partial charge in [0.15, 0.2) is 0 Å². The van der Waals surface area contributed by atoms with Crippen molar-refractivity contribution in [3.05, 3.63) is 59.4 Å². The molecule has 0 atom stereocenters. The first kappa shape index (κ1) is 20.3. The van der Waals surface area contributed by atoms with E-state index in [1.807, 2.05) is 24.4 Å². The van der Waals surface area contributed by atoms with Crippen molar-refractivity contribution >= 4 is 17.3 Å². The third-order valence-electron chi connectivity index (χ3n) is 5.93. The molecular formula is C23H31ClN4O. The van der Waals surface area contributed by atoms with Gasteiger partial charge in [-0.2, -0.15) is 0 Å². The van der Waals surface area contributed by atoms with Crippen molar-refractivity contribution in [2.45, 2.75) is 19.3 Å². The van der Waals surface area contributed by atoms with Crippen LogP contribution in [-0.2, 0) is 0 Å². The molecule has 0 bridgehead atoms. The van der Waals surface area contributed by atoms with E-state index in [1.54, 1.807) is 7.11 Å². The molecule has 0 N–H and O–H groups in total. The zero-order valence-electron chi connectivity index (χ0n) is 17.3. The van der Waals surface area contributed by atoms with Crippen LogP contribution in [0.4, 0.5) is 5.69 Å². The molecule has 1 aromatic carbocycles. The Bertz CT molecular complexity index is 783. The second kappa shape index (κ2) is 9.70. The van der Waals surface area contributed by atoms with E-state index in [4.69, 9.17) is 16.3 Å². The molecule has 0 aromatic heterocycles. The lowest BCUT2D eigenvalue weighted by molar-refractivity contribution is 0.0903. The van der Waals surface area contributed by atoms with E-state index in [2.05, 4.69) is 44.1 Å². The van der Waals surface area contributed by atoms with Crippen LogP contribution in [-0.4, -0.2) is 67.8 Å². The summed E-state index contributed by atoms with van der Waals surface area (Å²) in [4.78, 5) is 5.04. The summed E-state index contributed by atoms with van der Waals surface area (Å²) >= 11 is 6.15. The van der Waals surface area contributed by atoms with Crippen LogP contribution in [0.2, 0.25) is 0 Å². The Balaban J connectivity index is 1.13. The second-order valence-electron chi connectivity index (χ2n) is 7.79. The normalized spacial score (nSPS) is 19.9. The first-order chi connectivity index (χ1) is 14.2. The SMILES string of the molecule is COc1ccccc1N1CCN(CCCCCN2CC=C3C=CC(Cl)=CN32)CC1. The van der Waals surface area contributed by atoms with Crippen molar-refractivity contribution < 1.29 is 4.74 Å². The van der Waals surface area contributed by atoms with Gasteiger partial charge in [-0.25, -0.2) is 5.01 Å². The molecule has 4 rings (SSSR count). The molecule has 0 saturated carbocycles. The van der Waals surface area contributed by atoms with Crippen LogP contribution >= 0.6 is 11.6 Å². The largest absolute Gasteiger partial charge is 0.495 e. The van der Waals surface area contributed by atoms with Gasteiger partial charge < -0.3 is 9.64 Å². The molecule has 3 heterocycles. The van der Waals surface area contributed by atoms with Crippen molar-refractivity contribution in [1.82, 2.24) is 14.9 Å². The molecule has 6 heteroatoms. The van der Waals surface area contributed by atoms with Crippen LogP contribution in [0.5, 0.6) is 5.75 Å². The highest BCUT2D eigenvalue weighted by molar-refractivity contribution is 6.31. The van der Waals surface area contributed by atoms with Crippen LogP contribution < -0.4 is 9.64 Å². The Morgan fingerprint density at radius 2 is 1.76 bits per heavy atom. The maximum Gasteiger partial charge on any atom is 0.142 e. The lowest BCUT2D eigenvalue weighted by Crippen LogP contribution is -2.46. The average molecular weight is 415 g/mol. The number of hydrogen-bond acceptors (Lipinski definition) is 5. The molecule has 0 amide bonds. The minimum atomic E-state index is 0.793. The summed E-state index contributed by atoms with van der Waals surface area (Å²) in [5.74, 6) is 0.973. The van der Waals surface area contributed by atoms with Crippen molar-refractivity contribution in [1.29, 1.82) is 0 Å². The van der Waals surface area contributed by atoms with Crippen molar-refractivity contribution in [3.63, 3.8) is 0 Å². The molecular weight excluding hydrogens is 384 g/mol. The standard InChI is InChI=1S/C23H31ClN4O/c1-29-23-8-4-3-7-22(23)26-17-15-25(16-18-26)12-5-2-6-13-27-14-11-21-10-9-20(24)19-28(21)27/h3-4,7-11,19H,2,5-6,12-18H2,1H3. The number of para-hydroxylation sites is 2. The molecule has 29 heavy (non-hydrogen) atoms. The van der Waals surface area contributed by atoms with E-state index < -0.39 is 0 Å². The van der Waals surface area contributed by atoms with Gasteiger partial charge in [-0.15, -0.1) is 0 Å². The molecule has 1 fully saturated rings. The number of ether oxygens (including phenoxy) is 1.